The number of nitriles is 1. The normalized spacial score (nSPS) is 23.3. The molecular weight excluding hydrogens is 458 g/mol. The van der Waals surface area contributed by atoms with Gasteiger partial charge in [-0.25, -0.2) is 0 Å². The van der Waals surface area contributed by atoms with E-state index in [4.69, 9.17) is 15.2 Å². The lowest BCUT2D eigenvalue weighted by Gasteiger charge is -2.38. The molecule has 0 bridgehead atoms. The lowest BCUT2D eigenvalue weighted by atomic mass is 9.69. The number of halogens is 1. The van der Waals surface area contributed by atoms with Gasteiger partial charge in [0.1, 0.15) is 5.82 Å². The monoisotopic (exact) mass is 485 g/mol. The minimum Gasteiger partial charge on any atom is -0.493 e. The zero-order valence-corrected chi connectivity index (χ0v) is 19.8. The van der Waals surface area contributed by atoms with Crippen LogP contribution in [0.3, 0.4) is 0 Å². The Balaban J connectivity index is 1.81. The Kier molecular flexibility index (Phi) is 5.78. The first kappa shape index (κ1) is 21.8. The fraction of sp³-hybridized carbons (Fsp3) is 0.500. The number of nitrogens with two attached hydrogens (primary N) is 1. The van der Waals surface area contributed by atoms with Crippen LogP contribution in [0.25, 0.3) is 0 Å². The minimum absolute atomic E-state index is 0.0466. The number of Topliss-reactive ketones (excluding diaryl/α,β-unsaturated/α-hetero) is 1. The van der Waals surface area contributed by atoms with E-state index < -0.39 is 5.92 Å². The van der Waals surface area contributed by atoms with Gasteiger partial charge in [-0.2, -0.15) is 5.26 Å². The van der Waals surface area contributed by atoms with Gasteiger partial charge in [-0.15, -0.1) is 0 Å². The number of methoxy groups -OCH3 is 1. The van der Waals surface area contributed by atoms with Crippen LogP contribution in [0.5, 0.6) is 11.5 Å². The number of carbonyl (C=O) groups excluding carboxylic acids is 1. The number of ketones is 1. The van der Waals surface area contributed by atoms with E-state index in [1.54, 1.807) is 7.11 Å². The summed E-state index contributed by atoms with van der Waals surface area (Å²) in [7, 11) is 1.60. The summed E-state index contributed by atoms with van der Waals surface area (Å²) in [6, 6.07) is 6.02. The van der Waals surface area contributed by atoms with E-state index in [-0.39, 0.29) is 17.3 Å². The Hall–Kier alpha value is -2.46. The summed E-state index contributed by atoms with van der Waals surface area (Å²) in [4.78, 5) is 13.2. The number of hydrogen-bond donors (Lipinski definition) is 2. The van der Waals surface area contributed by atoms with Gasteiger partial charge in [0.15, 0.2) is 17.3 Å². The van der Waals surface area contributed by atoms with Crippen LogP contribution in [-0.2, 0) is 4.79 Å². The van der Waals surface area contributed by atoms with E-state index in [1.807, 2.05) is 12.1 Å². The Morgan fingerprint density at radius 3 is 2.61 bits per heavy atom. The number of dihydropyridines is 1. The van der Waals surface area contributed by atoms with Gasteiger partial charge < -0.3 is 20.5 Å². The molecule has 1 atom stereocenters. The zero-order valence-electron chi connectivity index (χ0n) is 18.2. The predicted octanol–water partition coefficient (Wildman–Crippen LogP) is 4.80. The summed E-state index contributed by atoms with van der Waals surface area (Å²) < 4.78 is 12.6. The van der Waals surface area contributed by atoms with Gasteiger partial charge in [0.05, 0.1) is 35.2 Å². The highest BCUT2D eigenvalue weighted by atomic mass is 79.9. The van der Waals surface area contributed by atoms with E-state index in [2.05, 4.69) is 41.2 Å². The van der Waals surface area contributed by atoms with Crippen molar-refractivity contribution in [3.8, 4) is 17.6 Å². The van der Waals surface area contributed by atoms with Crippen molar-refractivity contribution in [2.45, 2.75) is 64.4 Å². The fourth-order valence-electron chi connectivity index (χ4n) is 4.96. The number of benzene rings is 1. The summed E-state index contributed by atoms with van der Waals surface area (Å²) >= 11 is 3.64. The first-order valence-corrected chi connectivity index (χ1v) is 11.5. The van der Waals surface area contributed by atoms with Gasteiger partial charge in [-0.1, -0.05) is 13.8 Å². The molecule has 164 valence electrons. The van der Waals surface area contributed by atoms with Crippen molar-refractivity contribution in [2.75, 3.05) is 7.11 Å². The third-order valence-corrected chi connectivity index (χ3v) is 6.95. The van der Waals surface area contributed by atoms with Crippen LogP contribution in [0.1, 0.15) is 63.9 Å². The SMILES string of the molecule is COc1cc([C@H]2C(C#N)=C(N)NC3=C2C(=O)CC(C)(C)C3)cc(Br)c1OC1CCCC1. The van der Waals surface area contributed by atoms with Crippen molar-refractivity contribution in [3.63, 3.8) is 0 Å². The van der Waals surface area contributed by atoms with Gasteiger partial charge in [0.25, 0.3) is 0 Å². The van der Waals surface area contributed by atoms with Crippen molar-refractivity contribution in [2.24, 2.45) is 11.1 Å². The summed E-state index contributed by atoms with van der Waals surface area (Å²) in [6.07, 6.45) is 5.71. The van der Waals surface area contributed by atoms with E-state index in [0.717, 1.165) is 28.6 Å². The molecule has 1 aromatic carbocycles. The molecule has 3 N–H and O–H groups in total. The second kappa shape index (κ2) is 8.23. The molecule has 0 spiro atoms. The number of nitrogens with zero attached hydrogens (tertiary/aromatic N) is 1. The third kappa shape index (κ3) is 4.06. The smallest absolute Gasteiger partial charge is 0.175 e. The highest BCUT2D eigenvalue weighted by Crippen LogP contribution is 2.48. The molecule has 7 heteroatoms. The number of nitrogens with one attached hydrogen (secondary N) is 1. The predicted molar refractivity (Wildman–Crippen MR) is 121 cm³/mol. The van der Waals surface area contributed by atoms with Crippen LogP contribution in [0.15, 0.2) is 39.3 Å². The average Bonchev–Trinajstić information content (AvgIpc) is 3.20. The largest absolute Gasteiger partial charge is 0.493 e. The van der Waals surface area contributed by atoms with Gasteiger partial charge >= 0.3 is 0 Å². The maximum atomic E-state index is 13.2. The van der Waals surface area contributed by atoms with Crippen molar-refractivity contribution in [3.05, 3.63) is 44.8 Å². The molecule has 0 radical (unpaired) electrons. The summed E-state index contributed by atoms with van der Waals surface area (Å²) in [5, 5.41) is 13.0. The number of hydrogen-bond acceptors (Lipinski definition) is 6. The van der Waals surface area contributed by atoms with Gasteiger partial charge in [-0.05, 0) is 71.1 Å². The van der Waals surface area contributed by atoms with Crippen LogP contribution < -0.4 is 20.5 Å². The molecule has 0 saturated heterocycles. The molecule has 0 aromatic heterocycles. The number of ether oxygens (including phenoxy) is 2. The maximum absolute atomic E-state index is 13.2. The minimum atomic E-state index is -0.532. The van der Waals surface area contributed by atoms with E-state index in [1.165, 1.54) is 12.8 Å². The molecule has 1 saturated carbocycles. The number of rotatable bonds is 4. The molecule has 1 fully saturated rings. The molecule has 4 rings (SSSR count). The number of allylic oxidation sites excluding steroid dienone is 3. The third-order valence-electron chi connectivity index (χ3n) is 6.37. The highest BCUT2D eigenvalue weighted by Gasteiger charge is 2.42. The summed E-state index contributed by atoms with van der Waals surface area (Å²) in [6.45, 7) is 4.14. The Morgan fingerprint density at radius 1 is 1.26 bits per heavy atom. The van der Waals surface area contributed by atoms with Crippen molar-refractivity contribution < 1.29 is 14.3 Å². The molecule has 2 aliphatic carbocycles. The molecule has 1 aromatic rings. The van der Waals surface area contributed by atoms with Crippen LogP contribution in [0.4, 0.5) is 0 Å². The van der Waals surface area contributed by atoms with Gasteiger partial charge in [-0.3, -0.25) is 4.79 Å². The zero-order chi connectivity index (χ0) is 22.3. The molecular formula is C24H28BrN3O3. The quantitative estimate of drug-likeness (QED) is 0.635. The molecule has 0 unspecified atom stereocenters. The van der Waals surface area contributed by atoms with Crippen LogP contribution in [0.2, 0.25) is 0 Å². The summed E-state index contributed by atoms with van der Waals surface area (Å²) in [5.41, 5.74) is 8.65. The lowest BCUT2D eigenvalue weighted by Crippen LogP contribution is -2.39. The van der Waals surface area contributed by atoms with E-state index in [0.29, 0.717) is 41.3 Å². The molecule has 0 amide bonds. The average molecular weight is 486 g/mol. The van der Waals surface area contributed by atoms with E-state index in [9.17, 15) is 10.1 Å². The Morgan fingerprint density at radius 2 is 1.97 bits per heavy atom. The molecule has 1 aliphatic heterocycles. The van der Waals surface area contributed by atoms with Crippen LogP contribution >= 0.6 is 15.9 Å². The summed E-state index contributed by atoms with van der Waals surface area (Å²) in [5.74, 6) is 1.06. The standard InChI is InChI=1S/C24H28BrN3O3/c1-24(2)10-17-21(18(29)11-24)20(15(12-26)23(27)28-17)13-8-16(25)22(19(9-13)30-3)31-14-6-4-5-7-14/h8-9,14,20,28H,4-7,10-11,27H2,1-3H3/t20-/m0/s1. The Labute approximate surface area is 191 Å². The second-order valence-corrected chi connectivity index (χ2v) is 10.2. The van der Waals surface area contributed by atoms with Crippen LogP contribution in [0, 0.1) is 16.7 Å². The number of carbonyl (C=O) groups is 1. The van der Waals surface area contributed by atoms with Crippen LogP contribution in [-0.4, -0.2) is 19.0 Å². The maximum Gasteiger partial charge on any atom is 0.175 e. The van der Waals surface area contributed by atoms with E-state index >= 15 is 0 Å². The van der Waals surface area contributed by atoms with Gasteiger partial charge in [0, 0.05) is 17.7 Å². The van der Waals surface area contributed by atoms with Crippen molar-refractivity contribution in [1.29, 1.82) is 5.26 Å². The Bertz CT molecular complexity index is 1030. The van der Waals surface area contributed by atoms with Crippen molar-refractivity contribution in [1.82, 2.24) is 5.32 Å². The first-order valence-electron chi connectivity index (χ1n) is 10.7. The molecule has 6 nitrogen and oxygen atoms in total. The van der Waals surface area contributed by atoms with Gasteiger partial charge in [0.2, 0.25) is 0 Å². The molecule has 3 aliphatic rings. The van der Waals surface area contributed by atoms with Crippen molar-refractivity contribution >= 4 is 21.7 Å². The lowest BCUT2D eigenvalue weighted by molar-refractivity contribution is -0.118. The highest BCUT2D eigenvalue weighted by molar-refractivity contribution is 9.10. The molecule has 31 heavy (non-hydrogen) atoms. The fourth-order valence-corrected chi connectivity index (χ4v) is 5.52. The molecule has 1 heterocycles. The second-order valence-electron chi connectivity index (χ2n) is 9.39. The first-order chi connectivity index (χ1) is 14.7. The topological polar surface area (TPSA) is 97.4 Å².